The van der Waals surface area contributed by atoms with Gasteiger partial charge in [0.2, 0.25) is 0 Å². The minimum Gasteiger partial charge on any atom is -0.493 e. The van der Waals surface area contributed by atoms with E-state index in [1.807, 2.05) is 30.0 Å². The Labute approximate surface area is 157 Å². The van der Waals surface area contributed by atoms with Crippen LogP contribution in [0.4, 0.5) is 0 Å². The van der Waals surface area contributed by atoms with Crippen LogP contribution in [0.2, 0.25) is 0 Å². The molecule has 0 unspecified atom stereocenters. The zero-order valence-electron chi connectivity index (χ0n) is 14.6. The zero-order valence-corrected chi connectivity index (χ0v) is 16.2. The lowest BCUT2D eigenvalue weighted by molar-refractivity contribution is 0.355. The Balaban J connectivity index is 1.64. The number of aryl methyl sites for hydroxylation is 1. The van der Waals surface area contributed by atoms with Crippen molar-refractivity contribution >= 4 is 23.1 Å². The van der Waals surface area contributed by atoms with Crippen molar-refractivity contribution in [2.45, 2.75) is 18.4 Å². The van der Waals surface area contributed by atoms with Crippen LogP contribution < -0.4 is 9.47 Å². The molecule has 0 saturated carbocycles. The Morgan fingerprint density at radius 1 is 1.00 bits per heavy atom. The van der Waals surface area contributed by atoms with Gasteiger partial charge >= 0.3 is 0 Å². The largest absolute Gasteiger partial charge is 0.493 e. The zero-order chi connectivity index (χ0) is 17.6. The number of benzene rings is 2. The van der Waals surface area contributed by atoms with Crippen molar-refractivity contribution in [2.75, 3.05) is 14.2 Å². The van der Waals surface area contributed by atoms with Crippen molar-refractivity contribution in [3.05, 3.63) is 64.7 Å². The van der Waals surface area contributed by atoms with Gasteiger partial charge in [0.15, 0.2) is 11.5 Å². The second-order valence-electron chi connectivity index (χ2n) is 5.70. The number of hydrogen-bond acceptors (Lipinski definition) is 5. The van der Waals surface area contributed by atoms with Gasteiger partial charge in [-0.15, -0.1) is 11.3 Å². The van der Waals surface area contributed by atoms with Crippen LogP contribution in [0.25, 0.3) is 10.6 Å². The fourth-order valence-corrected chi connectivity index (χ4v) is 4.35. The summed E-state index contributed by atoms with van der Waals surface area (Å²) in [6.07, 6.45) is 0. The lowest BCUT2D eigenvalue weighted by Gasteiger charge is -2.08. The van der Waals surface area contributed by atoms with Gasteiger partial charge in [-0.05, 0) is 30.7 Å². The summed E-state index contributed by atoms with van der Waals surface area (Å²) in [6, 6.07) is 14.6. The molecule has 0 aliphatic heterocycles. The van der Waals surface area contributed by atoms with Crippen molar-refractivity contribution in [3.8, 4) is 22.1 Å². The predicted octanol–water partition coefficient (Wildman–Crippen LogP) is 5.57. The van der Waals surface area contributed by atoms with E-state index in [1.54, 1.807) is 25.6 Å². The standard InChI is InChI=1S/C20H21NO2S2/c1-14-5-4-6-15(9-14)11-24-12-17-13-25-20(21-17)16-7-8-18(22-2)19(10-16)23-3/h4-10,13H,11-12H2,1-3H3. The highest BCUT2D eigenvalue weighted by Gasteiger charge is 2.09. The lowest BCUT2D eigenvalue weighted by Crippen LogP contribution is -1.91. The van der Waals surface area contributed by atoms with Crippen molar-refractivity contribution in [1.29, 1.82) is 0 Å². The summed E-state index contributed by atoms with van der Waals surface area (Å²) in [7, 11) is 3.29. The molecule has 0 N–H and O–H groups in total. The minimum absolute atomic E-state index is 0.727. The second kappa shape index (κ2) is 8.41. The topological polar surface area (TPSA) is 31.4 Å². The molecule has 0 amide bonds. The highest BCUT2D eigenvalue weighted by atomic mass is 32.2. The third-order valence-corrected chi connectivity index (χ3v) is 5.76. The molecule has 0 aliphatic rings. The molecule has 0 atom stereocenters. The molecular formula is C20H21NO2S2. The first-order valence-corrected chi connectivity index (χ1v) is 10.0. The Kier molecular flexibility index (Phi) is 6.00. The summed E-state index contributed by atoms with van der Waals surface area (Å²) >= 11 is 3.55. The van der Waals surface area contributed by atoms with Crippen LogP contribution in [-0.2, 0) is 11.5 Å². The van der Waals surface area contributed by atoms with Gasteiger partial charge in [-0.2, -0.15) is 11.8 Å². The third kappa shape index (κ3) is 4.55. The van der Waals surface area contributed by atoms with Gasteiger partial charge in [-0.25, -0.2) is 4.98 Å². The fraction of sp³-hybridized carbons (Fsp3) is 0.250. The molecule has 0 fully saturated rings. The molecule has 0 saturated heterocycles. The molecule has 130 valence electrons. The summed E-state index contributed by atoms with van der Waals surface area (Å²) in [4.78, 5) is 4.76. The second-order valence-corrected chi connectivity index (χ2v) is 7.54. The maximum atomic E-state index is 5.38. The van der Waals surface area contributed by atoms with Crippen molar-refractivity contribution in [2.24, 2.45) is 0 Å². The van der Waals surface area contributed by atoms with Crippen LogP contribution >= 0.6 is 23.1 Å². The summed E-state index contributed by atoms with van der Waals surface area (Å²) in [6.45, 7) is 2.13. The van der Waals surface area contributed by atoms with Gasteiger partial charge in [0.05, 0.1) is 19.9 Å². The molecule has 0 bridgehead atoms. The SMILES string of the molecule is COc1ccc(-c2nc(CSCc3cccc(C)c3)cs2)cc1OC. The Bertz CT molecular complexity index is 845. The maximum Gasteiger partial charge on any atom is 0.161 e. The fourth-order valence-electron chi connectivity index (χ4n) is 2.55. The van der Waals surface area contributed by atoms with Gasteiger partial charge in [0, 0.05) is 22.4 Å². The van der Waals surface area contributed by atoms with Gasteiger partial charge in [0.1, 0.15) is 5.01 Å². The number of hydrogen-bond donors (Lipinski definition) is 0. The van der Waals surface area contributed by atoms with Crippen LogP contribution in [0, 0.1) is 6.92 Å². The van der Waals surface area contributed by atoms with Gasteiger partial charge < -0.3 is 9.47 Å². The Hall–Kier alpha value is -1.98. The lowest BCUT2D eigenvalue weighted by atomic mass is 10.2. The smallest absolute Gasteiger partial charge is 0.161 e. The Morgan fingerprint density at radius 3 is 2.60 bits per heavy atom. The number of rotatable bonds is 7. The van der Waals surface area contributed by atoms with Crippen molar-refractivity contribution < 1.29 is 9.47 Å². The van der Waals surface area contributed by atoms with Crippen molar-refractivity contribution in [1.82, 2.24) is 4.98 Å². The third-order valence-electron chi connectivity index (χ3n) is 3.78. The molecule has 3 aromatic rings. The summed E-state index contributed by atoms with van der Waals surface area (Å²) < 4.78 is 10.7. The van der Waals surface area contributed by atoms with E-state index in [-0.39, 0.29) is 0 Å². The van der Waals surface area contributed by atoms with E-state index in [9.17, 15) is 0 Å². The quantitative estimate of drug-likeness (QED) is 0.543. The normalized spacial score (nSPS) is 10.7. The van der Waals surface area contributed by atoms with Crippen molar-refractivity contribution in [3.63, 3.8) is 0 Å². The van der Waals surface area contributed by atoms with Crippen LogP contribution in [0.3, 0.4) is 0 Å². The van der Waals surface area contributed by atoms with E-state index >= 15 is 0 Å². The average molecular weight is 372 g/mol. The van der Waals surface area contributed by atoms with Gasteiger partial charge in [0.25, 0.3) is 0 Å². The summed E-state index contributed by atoms with van der Waals surface area (Å²) in [5.74, 6) is 3.38. The molecule has 0 aliphatic carbocycles. The number of methoxy groups -OCH3 is 2. The van der Waals surface area contributed by atoms with Gasteiger partial charge in [-0.3, -0.25) is 0 Å². The molecular weight excluding hydrogens is 350 g/mol. The van der Waals surface area contributed by atoms with Crippen LogP contribution in [-0.4, -0.2) is 19.2 Å². The van der Waals surface area contributed by atoms with E-state index in [1.165, 1.54) is 11.1 Å². The van der Waals surface area contributed by atoms with Crippen LogP contribution in [0.15, 0.2) is 47.8 Å². The molecule has 2 aromatic carbocycles. The molecule has 0 spiro atoms. The molecule has 1 aromatic heterocycles. The van der Waals surface area contributed by atoms with E-state index in [4.69, 9.17) is 14.5 Å². The number of aromatic nitrogens is 1. The molecule has 3 rings (SSSR count). The Morgan fingerprint density at radius 2 is 1.84 bits per heavy atom. The molecule has 25 heavy (non-hydrogen) atoms. The number of thiazole rings is 1. The van der Waals surface area contributed by atoms with Gasteiger partial charge in [-0.1, -0.05) is 29.8 Å². The predicted molar refractivity (Wildman–Crippen MR) is 107 cm³/mol. The first kappa shape index (κ1) is 17.8. The molecule has 0 radical (unpaired) electrons. The monoisotopic (exact) mass is 371 g/mol. The number of nitrogens with zero attached hydrogens (tertiary/aromatic N) is 1. The highest BCUT2D eigenvalue weighted by Crippen LogP contribution is 2.34. The number of thioether (sulfide) groups is 1. The van der Waals surface area contributed by atoms with E-state index in [0.717, 1.165) is 39.3 Å². The average Bonchev–Trinajstić information content (AvgIpc) is 3.10. The summed E-state index contributed by atoms with van der Waals surface area (Å²) in [5.41, 5.74) is 4.84. The van der Waals surface area contributed by atoms with E-state index in [2.05, 4.69) is 36.6 Å². The van der Waals surface area contributed by atoms with E-state index in [0.29, 0.717) is 0 Å². The molecule has 5 heteroatoms. The van der Waals surface area contributed by atoms with Crippen LogP contribution in [0.1, 0.15) is 16.8 Å². The highest BCUT2D eigenvalue weighted by molar-refractivity contribution is 7.97. The maximum absolute atomic E-state index is 5.38. The first-order chi connectivity index (χ1) is 12.2. The summed E-state index contributed by atoms with van der Waals surface area (Å²) in [5, 5.41) is 3.14. The van der Waals surface area contributed by atoms with E-state index < -0.39 is 0 Å². The number of ether oxygens (including phenoxy) is 2. The molecule has 1 heterocycles. The van der Waals surface area contributed by atoms with Crippen LogP contribution in [0.5, 0.6) is 11.5 Å². The first-order valence-electron chi connectivity index (χ1n) is 7.99. The minimum atomic E-state index is 0.727. The molecule has 3 nitrogen and oxygen atoms in total.